The van der Waals surface area contributed by atoms with Crippen molar-refractivity contribution in [3.8, 4) is 5.75 Å². The summed E-state index contributed by atoms with van der Waals surface area (Å²) in [5, 5.41) is 9.35. The predicted octanol–water partition coefficient (Wildman–Crippen LogP) is 2.75. The van der Waals surface area contributed by atoms with Gasteiger partial charge in [0.2, 0.25) is 0 Å². The van der Waals surface area contributed by atoms with E-state index >= 15 is 0 Å². The van der Waals surface area contributed by atoms with E-state index < -0.39 is 0 Å². The predicted molar refractivity (Wildman–Crippen MR) is 62.2 cm³/mol. The Balaban J connectivity index is 0.00000169. The highest BCUT2D eigenvalue weighted by molar-refractivity contribution is 5.85. The fraction of sp³-hybridized carbons (Fsp3) is 0.455. The van der Waals surface area contributed by atoms with Gasteiger partial charge < -0.3 is 10.0 Å². The summed E-state index contributed by atoms with van der Waals surface area (Å²) in [4.78, 5) is 2.14. The van der Waals surface area contributed by atoms with Gasteiger partial charge in [0.15, 0.2) is 0 Å². The van der Waals surface area contributed by atoms with E-state index in [9.17, 15) is 5.11 Å². The maximum absolute atomic E-state index is 9.35. The minimum absolute atomic E-state index is 0. The van der Waals surface area contributed by atoms with E-state index in [0.717, 1.165) is 5.56 Å². The molecule has 0 saturated heterocycles. The standard InChI is InChI=1S/C11H17NO.ClH/c1-8-7-10(5-6-11(8)13)9(2)12(3)4;/h5-7,9,13H,1-4H3;1H. The molecule has 3 heteroatoms. The van der Waals surface area contributed by atoms with E-state index in [-0.39, 0.29) is 12.4 Å². The van der Waals surface area contributed by atoms with E-state index in [1.54, 1.807) is 6.07 Å². The van der Waals surface area contributed by atoms with Crippen LogP contribution in [0, 0.1) is 6.92 Å². The van der Waals surface area contributed by atoms with Crippen LogP contribution in [0.1, 0.15) is 24.1 Å². The van der Waals surface area contributed by atoms with Gasteiger partial charge >= 0.3 is 0 Å². The van der Waals surface area contributed by atoms with Crippen molar-refractivity contribution in [1.82, 2.24) is 4.90 Å². The average molecular weight is 216 g/mol. The molecule has 14 heavy (non-hydrogen) atoms. The smallest absolute Gasteiger partial charge is 0.118 e. The molecule has 0 saturated carbocycles. The van der Waals surface area contributed by atoms with Crippen LogP contribution in [0.5, 0.6) is 5.75 Å². The summed E-state index contributed by atoms with van der Waals surface area (Å²) in [6.07, 6.45) is 0. The lowest BCUT2D eigenvalue weighted by Crippen LogP contribution is -2.16. The van der Waals surface area contributed by atoms with E-state index in [0.29, 0.717) is 11.8 Å². The second-order valence-corrected chi connectivity index (χ2v) is 3.69. The van der Waals surface area contributed by atoms with Gasteiger partial charge in [-0.05, 0) is 45.1 Å². The maximum atomic E-state index is 9.35. The van der Waals surface area contributed by atoms with Crippen LogP contribution in [-0.4, -0.2) is 24.1 Å². The average Bonchev–Trinajstić information content (AvgIpc) is 2.08. The van der Waals surface area contributed by atoms with Crippen molar-refractivity contribution in [2.24, 2.45) is 0 Å². The first-order valence-corrected chi connectivity index (χ1v) is 4.48. The molecule has 1 aromatic carbocycles. The van der Waals surface area contributed by atoms with Gasteiger partial charge in [-0.2, -0.15) is 0 Å². The Bertz CT molecular complexity index is 299. The number of hydrogen-bond donors (Lipinski definition) is 1. The van der Waals surface area contributed by atoms with Gasteiger partial charge in [0.25, 0.3) is 0 Å². The maximum Gasteiger partial charge on any atom is 0.118 e. The summed E-state index contributed by atoms with van der Waals surface area (Å²) in [5.41, 5.74) is 2.17. The zero-order valence-corrected chi connectivity index (χ0v) is 9.93. The first kappa shape index (κ1) is 13.3. The summed E-state index contributed by atoms with van der Waals surface area (Å²) < 4.78 is 0. The second kappa shape index (κ2) is 5.23. The third-order valence-corrected chi connectivity index (χ3v) is 2.48. The van der Waals surface area contributed by atoms with Gasteiger partial charge in [0.05, 0.1) is 0 Å². The number of benzene rings is 1. The zero-order chi connectivity index (χ0) is 10.0. The van der Waals surface area contributed by atoms with Crippen molar-refractivity contribution in [2.75, 3.05) is 14.1 Å². The van der Waals surface area contributed by atoms with Crippen LogP contribution in [0.3, 0.4) is 0 Å². The monoisotopic (exact) mass is 215 g/mol. The minimum atomic E-state index is 0. The number of rotatable bonds is 2. The Kier molecular flexibility index (Phi) is 4.95. The fourth-order valence-corrected chi connectivity index (χ4v) is 1.24. The Morgan fingerprint density at radius 1 is 1.29 bits per heavy atom. The molecule has 0 heterocycles. The summed E-state index contributed by atoms with van der Waals surface area (Å²) in [7, 11) is 4.10. The van der Waals surface area contributed by atoms with Gasteiger partial charge in [-0.3, -0.25) is 0 Å². The molecule has 1 aromatic rings. The van der Waals surface area contributed by atoms with Crippen molar-refractivity contribution in [2.45, 2.75) is 19.9 Å². The number of nitrogens with zero attached hydrogens (tertiary/aromatic N) is 1. The molecule has 1 rings (SSSR count). The third-order valence-electron chi connectivity index (χ3n) is 2.48. The summed E-state index contributed by atoms with van der Waals surface area (Å²) in [6.45, 7) is 4.06. The zero-order valence-electron chi connectivity index (χ0n) is 9.11. The normalized spacial score (nSPS) is 12.4. The van der Waals surface area contributed by atoms with E-state index in [2.05, 4.69) is 11.8 Å². The highest BCUT2D eigenvalue weighted by atomic mass is 35.5. The molecule has 1 N–H and O–H groups in total. The number of phenolic OH excluding ortho intramolecular Hbond substituents is 1. The molecule has 0 fully saturated rings. The molecule has 1 atom stereocenters. The molecule has 0 bridgehead atoms. The van der Waals surface area contributed by atoms with Crippen LogP contribution in [0.4, 0.5) is 0 Å². The van der Waals surface area contributed by atoms with Crippen molar-refractivity contribution in [1.29, 1.82) is 0 Å². The number of phenols is 1. The van der Waals surface area contributed by atoms with Crippen LogP contribution >= 0.6 is 12.4 Å². The molecular formula is C11H18ClNO. The molecule has 0 amide bonds. The van der Waals surface area contributed by atoms with Crippen LogP contribution < -0.4 is 0 Å². The molecule has 2 nitrogen and oxygen atoms in total. The van der Waals surface area contributed by atoms with Crippen molar-refractivity contribution in [3.63, 3.8) is 0 Å². The summed E-state index contributed by atoms with van der Waals surface area (Å²) in [5.74, 6) is 0.370. The van der Waals surface area contributed by atoms with Crippen LogP contribution in [0.15, 0.2) is 18.2 Å². The van der Waals surface area contributed by atoms with Crippen LogP contribution in [0.25, 0.3) is 0 Å². The molecule has 0 aliphatic rings. The minimum Gasteiger partial charge on any atom is -0.508 e. The molecule has 0 aromatic heterocycles. The second-order valence-electron chi connectivity index (χ2n) is 3.69. The fourth-order valence-electron chi connectivity index (χ4n) is 1.24. The topological polar surface area (TPSA) is 23.5 Å². The Hall–Kier alpha value is -0.730. The number of aromatic hydroxyl groups is 1. The van der Waals surface area contributed by atoms with E-state index in [4.69, 9.17) is 0 Å². The number of halogens is 1. The SMILES string of the molecule is Cc1cc(C(C)N(C)C)ccc1O.Cl. The van der Waals surface area contributed by atoms with Gasteiger partial charge in [0.1, 0.15) is 5.75 Å². The lowest BCUT2D eigenvalue weighted by molar-refractivity contribution is 0.320. The largest absolute Gasteiger partial charge is 0.508 e. The third kappa shape index (κ3) is 2.89. The lowest BCUT2D eigenvalue weighted by Gasteiger charge is -2.20. The molecule has 0 aliphatic carbocycles. The van der Waals surface area contributed by atoms with Gasteiger partial charge in [-0.15, -0.1) is 12.4 Å². The molecule has 0 aliphatic heterocycles. The van der Waals surface area contributed by atoms with Gasteiger partial charge in [-0.25, -0.2) is 0 Å². The first-order chi connectivity index (χ1) is 6.02. The Morgan fingerprint density at radius 2 is 1.86 bits per heavy atom. The molecule has 0 radical (unpaired) electrons. The highest BCUT2D eigenvalue weighted by Crippen LogP contribution is 2.23. The molecule has 80 valence electrons. The van der Waals surface area contributed by atoms with Gasteiger partial charge in [-0.1, -0.05) is 12.1 Å². The van der Waals surface area contributed by atoms with E-state index in [1.165, 1.54) is 5.56 Å². The quantitative estimate of drug-likeness (QED) is 0.820. The molecular weight excluding hydrogens is 198 g/mol. The summed E-state index contributed by atoms with van der Waals surface area (Å²) >= 11 is 0. The number of aryl methyl sites for hydroxylation is 1. The highest BCUT2D eigenvalue weighted by Gasteiger charge is 2.08. The van der Waals surface area contributed by atoms with Gasteiger partial charge in [0, 0.05) is 6.04 Å². The summed E-state index contributed by atoms with van der Waals surface area (Å²) in [6, 6.07) is 6.14. The van der Waals surface area contributed by atoms with E-state index in [1.807, 2.05) is 33.2 Å². The lowest BCUT2D eigenvalue weighted by atomic mass is 10.0. The number of hydrogen-bond acceptors (Lipinski definition) is 2. The van der Waals surface area contributed by atoms with Crippen LogP contribution in [-0.2, 0) is 0 Å². The van der Waals surface area contributed by atoms with Crippen LogP contribution in [0.2, 0.25) is 0 Å². The van der Waals surface area contributed by atoms with Crippen molar-refractivity contribution < 1.29 is 5.11 Å². The molecule has 0 spiro atoms. The van der Waals surface area contributed by atoms with Crippen molar-refractivity contribution >= 4 is 12.4 Å². The molecule has 1 unspecified atom stereocenters. The van der Waals surface area contributed by atoms with Crippen molar-refractivity contribution in [3.05, 3.63) is 29.3 Å². The Morgan fingerprint density at radius 3 is 2.29 bits per heavy atom. The Labute approximate surface area is 92.0 Å². The first-order valence-electron chi connectivity index (χ1n) is 4.48.